The van der Waals surface area contributed by atoms with E-state index in [1.165, 1.54) is 4.90 Å². The van der Waals surface area contributed by atoms with Crippen LogP contribution in [0.25, 0.3) is 0 Å². The molecule has 4 rings (SSSR count). The molecular weight excluding hydrogens is 544 g/mol. The van der Waals surface area contributed by atoms with Crippen molar-refractivity contribution in [2.24, 2.45) is 11.7 Å². The Bertz CT molecular complexity index is 1360. The maximum atomic E-state index is 13.6. The van der Waals surface area contributed by atoms with E-state index in [9.17, 15) is 19.2 Å². The number of carbonyl (C=O) groups excluding carboxylic acids is 4. The average molecular weight is 579 g/mol. The number of amides is 4. The first kappa shape index (κ1) is 30.0. The van der Waals surface area contributed by atoms with Crippen LogP contribution in [0, 0.1) is 24.2 Å². The van der Waals surface area contributed by atoms with Gasteiger partial charge in [-0.05, 0) is 61.2 Å². The number of likely N-dealkylation sites (tertiary alicyclic amines) is 1. The number of nitriles is 1. The predicted octanol–water partition coefficient (Wildman–Crippen LogP) is 2.53. The van der Waals surface area contributed by atoms with Gasteiger partial charge in [0.2, 0.25) is 23.6 Å². The second-order valence-corrected chi connectivity index (χ2v) is 11.0. The Morgan fingerprint density at radius 3 is 2.54 bits per heavy atom. The van der Waals surface area contributed by atoms with Crippen LogP contribution in [0.5, 0.6) is 0 Å². The van der Waals surface area contributed by atoms with Gasteiger partial charge in [0.15, 0.2) is 0 Å². The van der Waals surface area contributed by atoms with Gasteiger partial charge in [0, 0.05) is 49.6 Å². The molecule has 1 fully saturated rings. The molecule has 2 aromatic carbocycles. The van der Waals surface area contributed by atoms with E-state index in [-0.39, 0.29) is 56.5 Å². The Balaban J connectivity index is 1.46. The van der Waals surface area contributed by atoms with Crippen molar-refractivity contribution in [2.75, 3.05) is 25.0 Å². The normalized spacial score (nSPS) is 18.7. The molecule has 2 aliphatic heterocycles. The summed E-state index contributed by atoms with van der Waals surface area (Å²) >= 11 is 6.09. The number of aryl methyl sites for hydroxylation is 1. The fourth-order valence-corrected chi connectivity index (χ4v) is 5.40. The number of hydrogen-bond donors (Lipinski definition) is 3. The molecule has 10 nitrogen and oxygen atoms in total. The summed E-state index contributed by atoms with van der Waals surface area (Å²) < 4.78 is 0. The molecule has 41 heavy (non-hydrogen) atoms. The summed E-state index contributed by atoms with van der Waals surface area (Å²) in [6.45, 7) is 3.10. The molecule has 1 unspecified atom stereocenters. The lowest BCUT2D eigenvalue weighted by Gasteiger charge is -2.37. The molecule has 2 aromatic rings. The van der Waals surface area contributed by atoms with Gasteiger partial charge < -0.3 is 26.2 Å². The molecule has 216 valence electrons. The fraction of sp³-hybridized carbons (Fsp3) is 0.433. The van der Waals surface area contributed by atoms with Crippen LogP contribution in [0.4, 0.5) is 5.69 Å². The van der Waals surface area contributed by atoms with Gasteiger partial charge in [-0.1, -0.05) is 35.9 Å². The first-order valence-electron chi connectivity index (χ1n) is 13.8. The van der Waals surface area contributed by atoms with E-state index in [0.717, 1.165) is 16.7 Å². The maximum absolute atomic E-state index is 13.6. The van der Waals surface area contributed by atoms with Crippen LogP contribution in [0.3, 0.4) is 0 Å². The number of nitrogens with one attached hydrogen (secondary N) is 2. The lowest BCUT2D eigenvalue weighted by molar-refractivity contribution is -0.144. The SMILES string of the molecule is Cc1cc(NC(=O)[C@H](CCN)NC(=O)[C@@H]2Cc3ccccc3CN2C(=O)CCC(=O)N2CCC(C#N)C2)ccc1Cl. The van der Waals surface area contributed by atoms with Crippen LogP contribution in [-0.2, 0) is 32.1 Å². The van der Waals surface area contributed by atoms with Gasteiger partial charge in [0.05, 0.1) is 12.0 Å². The van der Waals surface area contributed by atoms with Crippen LogP contribution < -0.4 is 16.4 Å². The first-order chi connectivity index (χ1) is 19.7. The molecule has 4 N–H and O–H groups in total. The highest BCUT2D eigenvalue weighted by atomic mass is 35.5. The zero-order valence-corrected chi connectivity index (χ0v) is 23.8. The number of halogens is 1. The molecule has 0 bridgehead atoms. The molecule has 0 saturated carbocycles. The van der Waals surface area contributed by atoms with Crippen LogP contribution >= 0.6 is 11.6 Å². The number of benzene rings is 2. The van der Waals surface area contributed by atoms with E-state index in [4.69, 9.17) is 22.6 Å². The van der Waals surface area contributed by atoms with Crippen molar-refractivity contribution >= 4 is 40.9 Å². The van der Waals surface area contributed by atoms with Gasteiger partial charge in [-0.3, -0.25) is 19.2 Å². The zero-order chi connectivity index (χ0) is 29.5. The predicted molar refractivity (Wildman–Crippen MR) is 154 cm³/mol. The van der Waals surface area contributed by atoms with Crippen molar-refractivity contribution in [3.8, 4) is 6.07 Å². The summed E-state index contributed by atoms with van der Waals surface area (Å²) in [6.07, 6.45) is 1.07. The number of hydrogen-bond acceptors (Lipinski definition) is 6. The molecular formula is C30H35ClN6O4. The second kappa shape index (κ2) is 13.6. The molecule has 11 heteroatoms. The highest BCUT2D eigenvalue weighted by molar-refractivity contribution is 6.31. The van der Waals surface area contributed by atoms with Gasteiger partial charge in [0.1, 0.15) is 12.1 Å². The van der Waals surface area contributed by atoms with Crippen LogP contribution in [0.15, 0.2) is 42.5 Å². The minimum absolute atomic E-state index is 0.00216. The van der Waals surface area contributed by atoms with Crippen molar-refractivity contribution in [3.63, 3.8) is 0 Å². The standard InChI is InChI=1S/C30H35ClN6O4/c1-19-14-23(6-7-24(19)31)34-29(40)25(10-12-32)35-30(41)26-15-21-4-2-3-5-22(21)18-37(26)28(39)9-8-27(38)36-13-11-20(16-33)17-36/h2-7,14,20,25-26H,8-13,15,17-18,32H2,1H3,(H,34,40)(H,35,41)/t20?,25-,26-/m0/s1. The monoisotopic (exact) mass is 578 g/mol. The van der Waals surface area contributed by atoms with Gasteiger partial charge in [0.25, 0.3) is 0 Å². The number of carbonyl (C=O) groups is 4. The molecule has 2 heterocycles. The highest BCUT2D eigenvalue weighted by Crippen LogP contribution is 2.25. The van der Waals surface area contributed by atoms with E-state index in [2.05, 4.69) is 16.7 Å². The molecule has 0 radical (unpaired) electrons. The zero-order valence-electron chi connectivity index (χ0n) is 23.1. The van der Waals surface area contributed by atoms with E-state index < -0.39 is 23.9 Å². The molecule has 3 atom stereocenters. The Kier molecular flexibility index (Phi) is 9.97. The van der Waals surface area contributed by atoms with Gasteiger partial charge in [-0.15, -0.1) is 0 Å². The summed E-state index contributed by atoms with van der Waals surface area (Å²) in [5.74, 6) is -1.56. The van der Waals surface area contributed by atoms with Crippen molar-refractivity contribution in [1.29, 1.82) is 5.26 Å². The van der Waals surface area contributed by atoms with Crippen molar-refractivity contribution in [1.82, 2.24) is 15.1 Å². The largest absolute Gasteiger partial charge is 0.342 e. The summed E-state index contributed by atoms with van der Waals surface area (Å²) in [4.78, 5) is 56.0. The third kappa shape index (κ3) is 7.43. The first-order valence-corrected chi connectivity index (χ1v) is 14.2. The Hall–Kier alpha value is -3.94. The third-order valence-electron chi connectivity index (χ3n) is 7.66. The molecule has 2 aliphatic rings. The second-order valence-electron chi connectivity index (χ2n) is 10.6. The fourth-order valence-electron chi connectivity index (χ4n) is 5.28. The smallest absolute Gasteiger partial charge is 0.246 e. The minimum Gasteiger partial charge on any atom is -0.342 e. The van der Waals surface area contributed by atoms with E-state index in [1.807, 2.05) is 31.2 Å². The molecule has 0 aromatic heterocycles. The van der Waals surface area contributed by atoms with E-state index in [1.54, 1.807) is 23.1 Å². The van der Waals surface area contributed by atoms with Gasteiger partial charge in [-0.25, -0.2) is 0 Å². The van der Waals surface area contributed by atoms with Crippen LogP contribution in [-0.4, -0.2) is 65.1 Å². The molecule has 4 amide bonds. The topological polar surface area (TPSA) is 149 Å². The number of rotatable bonds is 9. The quantitative estimate of drug-likeness (QED) is 0.416. The minimum atomic E-state index is -0.914. The Labute approximate surface area is 244 Å². The van der Waals surface area contributed by atoms with E-state index >= 15 is 0 Å². The van der Waals surface area contributed by atoms with Gasteiger partial charge >= 0.3 is 0 Å². The number of fused-ring (bicyclic) bond motifs is 1. The van der Waals surface area contributed by atoms with E-state index in [0.29, 0.717) is 30.2 Å². The average Bonchev–Trinajstić information content (AvgIpc) is 3.46. The summed E-state index contributed by atoms with van der Waals surface area (Å²) in [5.41, 5.74) is 8.99. The third-order valence-corrected chi connectivity index (χ3v) is 8.09. The maximum Gasteiger partial charge on any atom is 0.246 e. The number of nitrogens with zero attached hydrogens (tertiary/aromatic N) is 3. The lowest BCUT2D eigenvalue weighted by atomic mass is 9.92. The molecule has 0 spiro atoms. The summed E-state index contributed by atoms with van der Waals surface area (Å²) in [6, 6.07) is 13.1. The number of nitrogens with two attached hydrogens (primary N) is 1. The summed E-state index contributed by atoms with van der Waals surface area (Å²) in [7, 11) is 0. The Morgan fingerprint density at radius 1 is 1.12 bits per heavy atom. The van der Waals surface area contributed by atoms with Crippen molar-refractivity contribution < 1.29 is 19.2 Å². The van der Waals surface area contributed by atoms with Crippen molar-refractivity contribution in [2.45, 2.75) is 57.7 Å². The molecule has 1 saturated heterocycles. The highest BCUT2D eigenvalue weighted by Gasteiger charge is 2.36. The molecule has 0 aliphatic carbocycles. The summed E-state index contributed by atoms with van der Waals surface area (Å²) in [5, 5.41) is 15.3. The Morgan fingerprint density at radius 2 is 1.85 bits per heavy atom. The van der Waals surface area contributed by atoms with Crippen molar-refractivity contribution in [3.05, 3.63) is 64.2 Å². The lowest BCUT2D eigenvalue weighted by Crippen LogP contribution is -2.56. The van der Waals surface area contributed by atoms with Crippen LogP contribution in [0.2, 0.25) is 5.02 Å². The van der Waals surface area contributed by atoms with Gasteiger partial charge in [-0.2, -0.15) is 5.26 Å². The van der Waals surface area contributed by atoms with Crippen LogP contribution in [0.1, 0.15) is 42.4 Å². The number of anilines is 1.